The molecule has 0 fully saturated rings. The third-order valence-electron chi connectivity index (χ3n) is 3.00. The largest absolute Gasteiger partial charge is 0.346 e. The molecule has 0 aliphatic carbocycles. The lowest BCUT2D eigenvalue weighted by atomic mass is 10.1. The minimum absolute atomic E-state index is 0.564. The molecule has 1 N–H and O–H groups in total. The first-order chi connectivity index (χ1) is 9.13. The van der Waals surface area contributed by atoms with Crippen molar-refractivity contribution in [2.45, 2.75) is 17.9 Å². The predicted molar refractivity (Wildman–Crippen MR) is 83.7 cm³/mol. The van der Waals surface area contributed by atoms with Gasteiger partial charge < -0.3 is 4.98 Å². The van der Waals surface area contributed by atoms with Crippen molar-refractivity contribution in [3.05, 3.63) is 55.5 Å². The Balaban J connectivity index is 1.93. The summed E-state index contributed by atoms with van der Waals surface area (Å²) in [6.07, 6.45) is 0.679. The maximum absolute atomic E-state index is 6.02. The number of halogens is 2. The molecule has 98 valence electrons. The van der Waals surface area contributed by atoms with Gasteiger partial charge in [-0.05, 0) is 17.7 Å². The summed E-state index contributed by atoms with van der Waals surface area (Å²) in [5, 5.41) is 1.13. The zero-order valence-electron chi connectivity index (χ0n) is 9.87. The summed E-state index contributed by atoms with van der Waals surface area (Å²) < 4.78 is 0.716. The van der Waals surface area contributed by atoms with Crippen LogP contribution in [0.15, 0.2) is 18.2 Å². The van der Waals surface area contributed by atoms with E-state index in [9.17, 15) is 0 Å². The molecule has 0 radical (unpaired) electrons. The van der Waals surface area contributed by atoms with Crippen molar-refractivity contribution in [3.8, 4) is 0 Å². The van der Waals surface area contributed by atoms with Crippen molar-refractivity contribution in [2.24, 2.45) is 0 Å². The van der Waals surface area contributed by atoms with E-state index in [1.807, 2.05) is 23.9 Å². The van der Waals surface area contributed by atoms with E-state index < -0.39 is 0 Å². The first kappa shape index (κ1) is 13.4. The van der Waals surface area contributed by atoms with Crippen LogP contribution in [-0.2, 0) is 17.9 Å². The highest BCUT2D eigenvalue weighted by Crippen LogP contribution is 2.29. The van der Waals surface area contributed by atoms with Gasteiger partial charge in [0.25, 0.3) is 0 Å². The van der Waals surface area contributed by atoms with Crippen molar-refractivity contribution in [1.29, 1.82) is 0 Å². The molecular formula is C13H10Cl2N2S2. The molecule has 0 spiro atoms. The topological polar surface area (TPSA) is 28.7 Å². The fourth-order valence-corrected chi connectivity index (χ4v) is 3.84. The number of thioether (sulfide) groups is 1. The van der Waals surface area contributed by atoms with Crippen LogP contribution in [0.2, 0.25) is 10.0 Å². The van der Waals surface area contributed by atoms with Crippen LogP contribution in [-0.4, -0.2) is 9.97 Å². The second-order valence-electron chi connectivity index (χ2n) is 4.36. The number of aromatic amines is 1. The third kappa shape index (κ3) is 2.82. The normalized spacial score (nSPS) is 13.6. The number of rotatable bonds is 2. The Labute approximate surface area is 130 Å². The van der Waals surface area contributed by atoms with Gasteiger partial charge >= 0.3 is 0 Å². The molecule has 0 unspecified atom stereocenters. The van der Waals surface area contributed by atoms with Gasteiger partial charge in [-0.15, -0.1) is 0 Å². The Morgan fingerprint density at radius 2 is 2.11 bits per heavy atom. The van der Waals surface area contributed by atoms with Crippen LogP contribution in [0, 0.1) is 4.64 Å². The number of fused-ring (bicyclic) bond motifs is 1. The van der Waals surface area contributed by atoms with E-state index in [-0.39, 0.29) is 0 Å². The van der Waals surface area contributed by atoms with E-state index in [1.54, 1.807) is 6.07 Å². The molecule has 2 heterocycles. The van der Waals surface area contributed by atoms with Crippen molar-refractivity contribution in [2.75, 3.05) is 0 Å². The molecule has 3 rings (SSSR count). The van der Waals surface area contributed by atoms with Crippen molar-refractivity contribution in [1.82, 2.24) is 9.97 Å². The number of H-pyrrole nitrogens is 1. The Bertz CT molecular complexity index is 698. The van der Waals surface area contributed by atoms with E-state index in [4.69, 9.17) is 35.4 Å². The van der Waals surface area contributed by atoms with Crippen LogP contribution in [0.4, 0.5) is 0 Å². The maximum atomic E-state index is 6.02. The van der Waals surface area contributed by atoms with Crippen molar-refractivity contribution < 1.29 is 0 Å². The summed E-state index contributed by atoms with van der Waals surface area (Å²) in [4.78, 5) is 7.84. The number of aromatic nitrogens is 2. The van der Waals surface area contributed by atoms with E-state index >= 15 is 0 Å². The molecule has 2 nitrogen and oxygen atoms in total. The SMILES string of the molecule is S=c1nc(Cc2ccc(Cl)c(Cl)c2)[nH]c2c1CSC2. The fraction of sp³-hybridized carbons (Fsp3) is 0.231. The number of benzene rings is 1. The molecule has 1 aliphatic rings. The smallest absolute Gasteiger partial charge is 0.134 e. The fourth-order valence-electron chi connectivity index (χ4n) is 2.05. The third-order valence-corrected chi connectivity index (χ3v) is 5.06. The molecule has 19 heavy (non-hydrogen) atoms. The van der Waals surface area contributed by atoms with E-state index in [1.165, 1.54) is 11.3 Å². The van der Waals surface area contributed by atoms with Gasteiger partial charge in [0, 0.05) is 29.2 Å². The monoisotopic (exact) mass is 328 g/mol. The lowest BCUT2D eigenvalue weighted by molar-refractivity contribution is 0.919. The average Bonchev–Trinajstić information content (AvgIpc) is 2.82. The van der Waals surface area contributed by atoms with Crippen LogP contribution in [0.25, 0.3) is 0 Å². The van der Waals surface area contributed by atoms with E-state index in [0.717, 1.165) is 22.9 Å². The molecule has 0 amide bonds. The average molecular weight is 329 g/mol. The molecule has 1 aliphatic heterocycles. The van der Waals surface area contributed by atoms with Crippen molar-refractivity contribution in [3.63, 3.8) is 0 Å². The Kier molecular flexibility index (Phi) is 3.85. The minimum Gasteiger partial charge on any atom is -0.346 e. The van der Waals surface area contributed by atoms with E-state index in [2.05, 4.69) is 9.97 Å². The summed E-state index contributed by atoms with van der Waals surface area (Å²) in [5.41, 5.74) is 3.45. The number of nitrogens with zero attached hydrogens (tertiary/aromatic N) is 1. The standard InChI is InChI=1S/C13H10Cl2N2S2/c14-9-2-1-7(3-10(9)15)4-12-16-11-6-19-5-8(11)13(18)17-12/h1-3H,4-6H2,(H,16,17,18). The van der Waals surface area contributed by atoms with Crippen LogP contribution < -0.4 is 0 Å². The quantitative estimate of drug-likeness (QED) is 0.804. The van der Waals surface area contributed by atoms with Gasteiger partial charge in [-0.2, -0.15) is 11.8 Å². The number of hydrogen-bond acceptors (Lipinski definition) is 3. The van der Waals surface area contributed by atoms with Gasteiger partial charge in [0.05, 0.1) is 10.0 Å². The highest BCUT2D eigenvalue weighted by Gasteiger charge is 2.15. The van der Waals surface area contributed by atoms with Crippen LogP contribution >= 0.6 is 47.2 Å². The minimum atomic E-state index is 0.564. The Morgan fingerprint density at radius 3 is 2.89 bits per heavy atom. The number of nitrogens with one attached hydrogen (secondary N) is 1. The van der Waals surface area contributed by atoms with Gasteiger partial charge in [0.2, 0.25) is 0 Å². The summed E-state index contributed by atoms with van der Waals surface area (Å²) >= 11 is 19.1. The molecule has 1 aromatic carbocycles. The summed E-state index contributed by atoms with van der Waals surface area (Å²) in [5.74, 6) is 2.82. The summed E-state index contributed by atoms with van der Waals surface area (Å²) in [6.45, 7) is 0. The van der Waals surface area contributed by atoms with Gasteiger partial charge in [0.1, 0.15) is 10.5 Å². The zero-order valence-corrected chi connectivity index (χ0v) is 13.0. The molecule has 0 bridgehead atoms. The number of hydrogen-bond donors (Lipinski definition) is 1. The first-order valence-corrected chi connectivity index (χ1v) is 8.08. The molecule has 0 atom stereocenters. The van der Waals surface area contributed by atoms with Crippen LogP contribution in [0.1, 0.15) is 22.6 Å². The Hall–Kier alpha value is -0.550. The molecule has 1 aromatic heterocycles. The van der Waals surface area contributed by atoms with Crippen LogP contribution in [0.5, 0.6) is 0 Å². The second kappa shape index (κ2) is 5.44. The molecule has 2 aromatic rings. The highest BCUT2D eigenvalue weighted by molar-refractivity contribution is 7.98. The van der Waals surface area contributed by atoms with Crippen molar-refractivity contribution >= 4 is 47.2 Å². The van der Waals surface area contributed by atoms with Crippen LogP contribution in [0.3, 0.4) is 0 Å². The highest BCUT2D eigenvalue weighted by atomic mass is 35.5. The van der Waals surface area contributed by atoms with Gasteiger partial charge in [0.15, 0.2) is 0 Å². The molecule has 0 saturated heterocycles. The maximum Gasteiger partial charge on any atom is 0.134 e. The van der Waals surface area contributed by atoms with Gasteiger partial charge in [-0.1, -0.05) is 41.5 Å². The zero-order chi connectivity index (χ0) is 13.4. The summed E-state index contributed by atoms with van der Waals surface area (Å²) in [6, 6.07) is 5.62. The van der Waals surface area contributed by atoms with Gasteiger partial charge in [-0.25, -0.2) is 4.98 Å². The second-order valence-corrected chi connectivity index (χ2v) is 6.55. The molecule has 0 saturated carbocycles. The first-order valence-electron chi connectivity index (χ1n) is 5.76. The summed E-state index contributed by atoms with van der Waals surface area (Å²) in [7, 11) is 0. The molecular weight excluding hydrogens is 319 g/mol. The predicted octanol–water partition coefficient (Wildman–Crippen LogP) is 4.78. The van der Waals surface area contributed by atoms with E-state index in [0.29, 0.717) is 21.1 Å². The lowest BCUT2D eigenvalue weighted by Crippen LogP contribution is -2.02. The molecule has 6 heteroatoms. The Morgan fingerprint density at radius 1 is 1.26 bits per heavy atom. The lowest BCUT2D eigenvalue weighted by Gasteiger charge is -2.06. The van der Waals surface area contributed by atoms with Gasteiger partial charge in [-0.3, -0.25) is 0 Å².